The largest absolute Gasteiger partial charge is 0.368 e. The van der Waals surface area contributed by atoms with Gasteiger partial charge in [0, 0.05) is 24.3 Å². The topological polar surface area (TPSA) is 29.3 Å². The molecule has 2 rings (SSSR count). The molecule has 0 radical (unpaired) electrons. The standard InChI is InChI=1S/C17H21ClN2/c1-12-4-5-15(11-19)17(10-12)20(3)13(2)14-6-8-16(18)9-7-14/h4-10,13H,11,19H2,1-3H3. The van der Waals surface area contributed by atoms with E-state index in [1.54, 1.807) is 0 Å². The summed E-state index contributed by atoms with van der Waals surface area (Å²) >= 11 is 5.95. The maximum atomic E-state index is 5.95. The third-order valence-electron chi connectivity index (χ3n) is 3.77. The normalized spacial score (nSPS) is 12.2. The van der Waals surface area contributed by atoms with Gasteiger partial charge >= 0.3 is 0 Å². The number of benzene rings is 2. The molecule has 1 unspecified atom stereocenters. The average Bonchev–Trinajstić information content (AvgIpc) is 2.46. The van der Waals surface area contributed by atoms with Gasteiger partial charge in [-0.3, -0.25) is 0 Å². The summed E-state index contributed by atoms with van der Waals surface area (Å²) in [6, 6.07) is 14.7. The minimum absolute atomic E-state index is 0.263. The van der Waals surface area contributed by atoms with Crippen LogP contribution in [0.4, 0.5) is 5.69 Å². The van der Waals surface area contributed by atoms with Gasteiger partial charge in [-0.25, -0.2) is 0 Å². The van der Waals surface area contributed by atoms with Crippen molar-refractivity contribution >= 4 is 17.3 Å². The van der Waals surface area contributed by atoms with E-state index in [-0.39, 0.29) is 6.04 Å². The number of aryl methyl sites for hydroxylation is 1. The highest BCUT2D eigenvalue weighted by atomic mass is 35.5. The van der Waals surface area contributed by atoms with Gasteiger partial charge in [0.05, 0.1) is 6.04 Å². The van der Waals surface area contributed by atoms with Crippen molar-refractivity contribution < 1.29 is 0 Å². The molecule has 2 nitrogen and oxygen atoms in total. The number of rotatable bonds is 4. The average molecular weight is 289 g/mol. The first kappa shape index (κ1) is 14.9. The van der Waals surface area contributed by atoms with E-state index < -0.39 is 0 Å². The monoisotopic (exact) mass is 288 g/mol. The van der Waals surface area contributed by atoms with Crippen LogP contribution in [0.25, 0.3) is 0 Å². The number of nitrogens with two attached hydrogens (primary N) is 1. The van der Waals surface area contributed by atoms with Crippen molar-refractivity contribution in [1.82, 2.24) is 0 Å². The van der Waals surface area contributed by atoms with Crippen LogP contribution in [0, 0.1) is 6.92 Å². The fourth-order valence-electron chi connectivity index (χ4n) is 2.35. The Hall–Kier alpha value is -1.51. The second-order valence-corrected chi connectivity index (χ2v) is 5.61. The highest BCUT2D eigenvalue weighted by molar-refractivity contribution is 6.30. The highest BCUT2D eigenvalue weighted by Gasteiger charge is 2.15. The van der Waals surface area contributed by atoms with Crippen LogP contribution in [0.15, 0.2) is 42.5 Å². The van der Waals surface area contributed by atoms with Gasteiger partial charge in [-0.2, -0.15) is 0 Å². The Balaban J connectivity index is 2.32. The van der Waals surface area contributed by atoms with Crippen molar-refractivity contribution in [2.45, 2.75) is 26.4 Å². The van der Waals surface area contributed by atoms with Gasteiger partial charge in [-0.05, 0) is 48.7 Å². The number of anilines is 1. The van der Waals surface area contributed by atoms with Gasteiger partial charge < -0.3 is 10.6 Å². The van der Waals surface area contributed by atoms with Gasteiger partial charge in [0.1, 0.15) is 0 Å². The fraction of sp³-hybridized carbons (Fsp3) is 0.294. The predicted octanol–water partition coefficient (Wildman–Crippen LogP) is 4.30. The van der Waals surface area contributed by atoms with Crippen molar-refractivity contribution in [3.63, 3.8) is 0 Å². The third-order valence-corrected chi connectivity index (χ3v) is 4.03. The van der Waals surface area contributed by atoms with Gasteiger partial charge in [0.15, 0.2) is 0 Å². The number of nitrogens with zero attached hydrogens (tertiary/aromatic N) is 1. The first-order chi connectivity index (χ1) is 9.52. The molecule has 3 heteroatoms. The van der Waals surface area contributed by atoms with Crippen LogP contribution in [0.5, 0.6) is 0 Å². The van der Waals surface area contributed by atoms with Crippen LogP contribution in [-0.2, 0) is 6.54 Å². The van der Waals surface area contributed by atoms with E-state index in [0.29, 0.717) is 6.54 Å². The zero-order chi connectivity index (χ0) is 14.7. The summed E-state index contributed by atoms with van der Waals surface area (Å²) in [6.07, 6.45) is 0. The Morgan fingerprint density at radius 2 is 1.80 bits per heavy atom. The molecule has 2 N–H and O–H groups in total. The molecule has 2 aromatic rings. The van der Waals surface area contributed by atoms with Gasteiger partial charge in [0.25, 0.3) is 0 Å². The van der Waals surface area contributed by atoms with E-state index in [1.165, 1.54) is 22.4 Å². The van der Waals surface area contributed by atoms with Crippen molar-refractivity contribution in [2.75, 3.05) is 11.9 Å². The molecular weight excluding hydrogens is 268 g/mol. The minimum Gasteiger partial charge on any atom is -0.368 e. The molecule has 0 aliphatic carbocycles. The minimum atomic E-state index is 0.263. The van der Waals surface area contributed by atoms with Crippen LogP contribution in [0.2, 0.25) is 5.02 Å². The summed E-state index contributed by atoms with van der Waals surface area (Å²) in [4.78, 5) is 2.26. The summed E-state index contributed by atoms with van der Waals surface area (Å²) < 4.78 is 0. The maximum Gasteiger partial charge on any atom is 0.0511 e. The lowest BCUT2D eigenvalue weighted by atomic mass is 10.0. The zero-order valence-electron chi connectivity index (χ0n) is 12.2. The van der Waals surface area contributed by atoms with E-state index in [1.807, 2.05) is 12.1 Å². The first-order valence-corrected chi connectivity index (χ1v) is 7.18. The maximum absolute atomic E-state index is 5.95. The number of hydrogen-bond acceptors (Lipinski definition) is 2. The Kier molecular flexibility index (Phi) is 4.69. The van der Waals surface area contributed by atoms with E-state index >= 15 is 0 Å². The molecule has 0 aromatic heterocycles. The fourth-order valence-corrected chi connectivity index (χ4v) is 2.47. The first-order valence-electron chi connectivity index (χ1n) is 6.81. The Morgan fingerprint density at radius 1 is 1.15 bits per heavy atom. The second-order valence-electron chi connectivity index (χ2n) is 5.17. The highest BCUT2D eigenvalue weighted by Crippen LogP contribution is 2.29. The van der Waals surface area contributed by atoms with Crippen LogP contribution < -0.4 is 10.6 Å². The van der Waals surface area contributed by atoms with Crippen LogP contribution in [-0.4, -0.2) is 7.05 Å². The third kappa shape index (κ3) is 3.14. The van der Waals surface area contributed by atoms with E-state index in [4.69, 9.17) is 17.3 Å². The summed E-state index contributed by atoms with van der Waals surface area (Å²) in [5.74, 6) is 0. The lowest BCUT2D eigenvalue weighted by Crippen LogP contribution is -2.23. The van der Waals surface area contributed by atoms with Crippen LogP contribution in [0.3, 0.4) is 0 Å². The van der Waals surface area contributed by atoms with Crippen molar-refractivity contribution in [1.29, 1.82) is 0 Å². The Morgan fingerprint density at radius 3 is 2.40 bits per heavy atom. The van der Waals surface area contributed by atoms with Gasteiger partial charge in [-0.1, -0.05) is 35.9 Å². The molecule has 0 spiro atoms. The molecule has 0 amide bonds. The summed E-state index contributed by atoms with van der Waals surface area (Å²) in [6.45, 7) is 4.84. The summed E-state index contributed by atoms with van der Waals surface area (Å²) in [7, 11) is 2.10. The lowest BCUT2D eigenvalue weighted by molar-refractivity contribution is 0.734. The van der Waals surface area contributed by atoms with Gasteiger partial charge in [-0.15, -0.1) is 0 Å². The smallest absolute Gasteiger partial charge is 0.0511 e. The quantitative estimate of drug-likeness (QED) is 0.908. The van der Waals surface area contributed by atoms with Gasteiger partial charge in [0.2, 0.25) is 0 Å². The second kappa shape index (κ2) is 6.29. The van der Waals surface area contributed by atoms with Crippen molar-refractivity contribution in [2.24, 2.45) is 5.73 Å². The lowest BCUT2D eigenvalue weighted by Gasteiger charge is -2.29. The number of halogens is 1. The molecule has 106 valence electrons. The van der Waals surface area contributed by atoms with Crippen molar-refractivity contribution in [3.05, 3.63) is 64.2 Å². The van der Waals surface area contributed by atoms with Crippen LogP contribution >= 0.6 is 11.6 Å². The van der Waals surface area contributed by atoms with E-state index in [9.17, 15) is 0 Å². The molecule has 0 bridgehead atoms. The molecule has 0 saturated carbocycles. The molecule has 0 fully saturated rings. The van der Waals surface area contributed by atoms with Crippen molar-refractivity contribution in [3.8, 4) is 0 Å². The molecule has 0 aliphatic rings. The molecule has 20 heavy (non-hydrogen) atoms. The molecule has 0 aliphatic heterocycles. The number of hydrogen-bond donors (Lipinski definition) is 1. The molecule has 1 atom stereocenters. The SMILES string of the molecule is Cc1ccc(CN)c(N(C)C(C)c2ccc(Cl)cc2)c1. The summed E-state index contributed by atoms with van der Waals surface area (Å²) in [5, 5.41) is 0.766. The van der Waals surface area contributed by atoms with Crippen LogP contribution in [0.1, 0.15) is 29.7 Å². The Labute approximate surface area is 126 Å². The zero-order valence-corrected chi connectivity index (χ0v) is 13.0. The van der Waals surface area contributed by atoms with E-state index in [2.05, 4.69) is 56.1 Å². The molecule has 0 saturated heterocycles. The summed E-state index contributed by atoms with van der Waals surface area (Å²) in [5.41, 5.74) is 10.7. The van der Waals surface area contributed by atoms with E-state index in [0.717, 1.165) is 5.02 Å². The predicted molar refractivity (Wildman–Crippen MR) is 87.3 cm³/mol. The molecule has 2 aromatic carbocycles. The molecular formula is C17H21ClN2. The molecule has 0 heterocycles. The Bertz CT molecular complexity index is 578.